The van der Waals surface area contributed by atoms with Crippen LogP contribution in [-0.2, 0) is 0 Å². The lowest BCUT2D eigenvalue weighted by Gasteiger charge is -2.11. The minimum atomic E-state index is 0.603. The Labute approximate surface area is 115 Å². The van der Waals surface area contributed by atoms with Gasteiger partial charge in [0.1, 0.15) is 5.75 Å². The van der Waals surface area contributed by atoms with Crippen molar-refractivity contribution in [1.82, 2.24) is 10.6 Å². The van der Waals surface area contributed by atoms with E-state index in [0.717, 1.165) is 30.6 Å². The Morgan fingerprint density at radius 2 is 2.11 bits per heavy atom. The van der Waals surface area contributed by atoms with E-state index in [1.54, 1.807) is 0 Å². The van der Waals surface area contributed by atoms with Gasteiger partial charge in [-0.3, -0.25) is 4.99 Å². The molecule has 2 atom stereocenters. The summed E-state index contributed by atoms with van der Waals surface area (Å²) in [6.45, 7) is 3.83. The maximum absolute atomic E-state index is 5.63. The van der Waals surface area contributed by atoms with Gasteiger partial charge >= 0.3 is 0 Å². The number of hydrogen-bond acceptors (Lipinski definition) is 2. The van der Waals surface area contributed by atoms with Crippen molar-refractivity contribution in [1.29, 1.82) is 0 Å². The second-order valence-electron chi connectivity index (χ2n) is 4.98. The SMILES string of the molecule is CN=C(NCCCOc1ccccc1)NC1CC1C. The summed E-state index contributed by atoms with van der Waals surface area (Å²) in [6, 6.07) is 10.5. The highest BCUT2D eigenvalue weighted by Crippen LogP contribution is 2.28. The number of rotatable bonds is 6. The molecule has 0 saturated heterocycles. The van der Waals surface area contributed by atoms with E-state index in [1.165, 1.54) is 6.42 Å². The minimum Gasteiger partial charge on any atom is -0.494 e. The molecule has 1 aromatic carbocycles. The number of benzene rings is 1. The van der Waals surface area contributed by atoms with E-state index >= 15 is 0 Å². The standard InChI is InChI=1S/C15H23N3O/c1-12-11-14(12)18-15(16-2)17-9-6-10-19-13-7-4-3-5-8-13/h3-5,7-8,12,14H,6,9-11H2,1-2H3,(H2,16,17,18). The maximum Gasteiger partial charge on any atom is 0.191 e. The first-order valence-corrected chi connectivity index (χ1v) is 6.94. The molecule has 1 fully saturated rings. The van der Waals surface area contributed by atoms with E-state index in [-0.39, 0.29) is 0 Å². The average molecular weight is 261 g/mol. The number of nitrogens with zero attached hydrogens (tertiary/aromatic N) is 1. The first kappa shape index (κ1) is 13.7. The van der Waals surface area contributed by atoms with E-state index in [9.17, 15) is 0 Å². The van der Waals surface area contributed by atoms with Gasteiger partial charge < -0.3 is 15.4 Å². The van der Waals surface area contributed by atoms with Crippen LogP contribution in [0.5, 0.6) is 5.75 Å². The summed E-state index contributed by atoms with van der Waals surface area (Å²) >= 11 is 0. The fourth-order valence-electron chi connectivity index (χ4n) is 1.88. The Hall–Kier alpha value is -1.71. The molecule has 0 aromatic heterocycles. The van der Waals surface area contributed by atoms with Gasteiger partial charge in [-0.25, -0.2) is 0 Å². The Morgan fingerprint density at radius 3 is 2.74 bits per heavy atom. The van der Waals surface area contributed by atoms with Crippen LogP contribution in [0, 0.1) is 5.92 Å². The maximum atomic E-state index is 5.63. The van der Waals surface area contributed by atoms with Crippen molar-refractivity contribution < 1.29 is 4.74 Å². The van der Waals surface area contributed by atoms with Crippen LogP contribution in [-0.4, -0.2) is 32.2 Å². The number of aliphatic imine (C=N–C) groups is 1. The molecule has 4 nitrogen and oxygen atoms in total. The molecule has 1 saturated carbocycles. The molecule has 0 spiro atoms. The molecule has 0 heterocycles. The summed E-state index contributed by atoms with van der Waals surface area (Å²) in [6.07, 6.45) is 2.20. The van der Waals surface area contributed by atoms with Crippen LogP contribution < -0.4 is 15.4 Å². The molecule has 1 aromatic rings. The molecular formula is C15H23N3O. The fraction of sp³-hybridized carbons (Fsp3) is 0.533. The molecule has 1 aliphatic carbocycles. The topological polar surface area (TPSA) is 45.7 Å². The first-order valence-electron chi connectivity index (χ1n) is 6.94. The molecule has 2 N–H and O–H groups in total. The van der Waals surface area contributed by atoms with E-state index < -0.39 is 0 Å². The fourth-order valence-corrected chi connectivity index (χ4v) is 1.88. The van der Waals surface area contributed by atoms with Crippen LogP contribution in [0.15, 0.2) is 35.3 Å². The monoisotopic (exact) mass is 261 g/mol. The molecule has 2 rings (SSSR count). The minimum absolute atomic E-state index is 0.603. The van der Waals surface area contributed by atoms with Gasteiger partial charge in [0.25, 0.3) is 0 Å². The van der Waals surface area contributed by atoms with E-state index in [1.807, 2.05) is 37.4 Å². The summed E-state index contributed by atoms with van der Waals surface area (Å²) in [5.74, 6) is 2.60. The molecule has 0 bridgehead atoms. The van der Waals surface area contributed by atoms with Gasteiger partial charge in [-0.2, -0.15) is 0 Å². The summed E-state index contributed by atoms with van der Waals surface area (Å²) < 4.78 is 5.63. The second kappa shape index (κ2) is 7.02. The molecular weight excluding hydrogens is 238 g/mol. The Kier molecular flexibility index (Phi) is 5.07. The Bertz CT molecular complexity index is 405. The van der Waals surface area contributed by atoms with Gasteiger partial charge in [-0.15, -0.1) is 0 Å². The van der Waals surface area contributed by atoms with Crippen LogP contribution in [0.3, 0.4) is 0 Å². The average Bonchev–Trinajstić information content (AvgIpc) is 3.13. The second-order valence-corrected chi connectivity index (χ2v) is 4.98. The van der Waals surface area contributed by atoms with Gasteiger partial charge in [-0.05, 0) is 30.9 Å². The smallest absolute Gasteiger partial charge is 0.191 e. The van der Waals surface area contributed by atoms with Crippen molar-refractivity contribution >= 4 is 5.96 Å². The molecule has 0 radical (unpaired) electrons. The third-order valence-electron chi connectivity index (χ3n) is 3.28. The molecule has 2 unspecified atom stereocenters. The summed E-state index contributed by atoms with van der Waals surface area (Å²) in [5, 5.41) is 6.70. The van der Waals surface area contributed by atoms with Gasteiger partial charge in [0.05, 0.1) is 6.61 Å². The number of guanidine groups is 1. The van der Waals surface area contributed by atoms with Crippen molar-refractivity contribution in [2.45, 2.75) is 25.8 Å². The molecule has 19 heavy (non-hydrogen) atoms. The molecule has 4 heteroatoms. The first-order chi connectivity index (χ1) is 9.29. The van der Waals surface area contributed by atoms with Crippen LogP contribution in [0.4, 0.5) is 0 Å². The zero-order valence-corrected chi connectivity index (χ0v) is 11.7. The zero-order chi connectivity index (χ0) is 13.5. The Morgan fingerprint density at radius 1 is 1.37 bits per heavy atom. The molecule has 0 amide bonds. The highest BCUT2D eigenvalue weighted by atomic mass is 16.5. The lowest BCUT2D eigenvalue weighted by Crippen LogP contribution is -2.39. The van der Waals surface area contributed by atoms with Gasteiger partial charge in [0, 0.05) is 19.6 Å². The predicted molar refractivity (Wildman–Crippen MR) is 78.6 cm³/mol. The van der Waals surface area contributed by atoms with Crippen molar-refractivity contribution in [2.24, 2.45) is 10.9 Å². The van der Waals surface area contributed by atoms with Crippen molar-refractivity contribution in [2.75, 3.05) is 20.2 Å². The normalized spacial score (nSPS) is 21.9. The quantitative estimate of drug-likeness (QED) is 0.468. The summed E-state index contributed by atoms with van der Waals surface area (Å²) in [5.41, 5.74) is 0. The highest BCUT2D eigenvalue weighted by molar-refractivity contribution is 5.80. The van der Waals surface area contributed by atoms with Crippen LogP contribution in [0.1, 0.15) is 19.8 Å². The molecule has 104 valence electrons. The molecule has 1 aliphatic rings. The van der Waals surface area contributed by atoms with E-state index in [4.69, 9.17) is 4.74 Å². The number of nitrogens with one attached hydrogen (secondary N) is 2. The van der Waals surface area contributed by atoms with Crippen LogP contribution in [0.2, 0.25) is 0 Å². The zero-order valence-electron chi connectivity index (χ0n) is 11.7. The van der Waals surface area contributed by atoms with E-state index in [2.05, 4.69) is 22.5 Å². The van der Waals surface area contributed by atoms with Crippen molar-refractivity contribution in [3.8, 4) is 5.75 Å². The Balaban J connectivity index is 1.56. The highest BCUT2D eigenvalue weighted by Gasteiger charge is 2.32. The molecule has 0 aliphatic heterocycles. The van der Waals surface area contributed by atoms with Crippen molar-refractivity contribution in [3.05, 3.63) is 30.3 Å². The third-order valence-corrected chi connectivity index (χ3v) is 3.28. The third kappa shape index (κ3) is 4.81. The van der Waals surface area contributed by atoms with Gasteiger partial charge in [0.15, 0.2) is 5.96 Å². The number of ether oxygens (including phenoxy) is 1. The van der Waals surface area contributed by atoms with Gasteiger partial charge in [0.2, 0.25) is 0 Å². The lowest BCUT2D eigenvalue weighted by molar-refractivity contribution is 0.311. The summed E-state index contributed by atoms with van der Waals surface area (Å²) in [7, 11) is 1.81. The predicted octanol–water partition coefficient (Wildman–Crippen LogP) is 2.03. The van der Waals surface area contributed by atoms with E-state index in [0.29, 0.717) is 12.6 Å². The van der Waals surface area contributed by atoms with Gasteiger partial charge in [-0.1, -0.05) is 25.1 Å². The lowest BCUT2D eigenvalue weighted by atomic mass is 10.3. The number of hydrogen-bond donors (Lipinski definition) is 2. The summed E-state index contributed by atoms with van der Waals surface area (Å²) in [4.78, 5) is 4.21. The van der Waals surface area contributed by atoms with Crippen LogP contribution >= 0.6 is 0 Å². The van der Waals surface area contributed by atoms with Crippen LogP contribution in [0.25, 0.3) is 0 Å². The largest absolute Gasteiger partial charge is 0.494 e. The number of para-hydroxylation sites is 1. The van der Waals surface area contributed by atoms with Crippen molar-refractivity contribution in [3.63, 3.8) is 0 Å².